The Balaban J connectivity index is 2.17. The van der Waals surface area contributed by atoms with Gasteiger partial charge in [-0.1, -0.05) is 6.07 Å². The molecule has 4 nitrogen and oxygen atoms in total. The third-order valence-corrected chi connectivity index (χ3v) is 3.69. The third kappa shape index (κ3) is 3.83. The predicted molar refractivity (Wildman–Crippen MR) is 84.1 cm³/mol. The van der Waals surface area contributed by atoms with E-state index in [1.54, 1.807) is 30.3 Å². The maximum Gasteiger partial charge on any atom is 0.311 e. The summed E-state index contributed by atoms with van der Waals surface area (Å²) in [5, 5.41) is 10.8. The van der Waals surface area contributed by atoms with Gasteiger partial charge >= 0.3 is 5.97 Å². The number of fused-ring (bicyclic) bond motifs is 1. The third-order valence-electron chi connectivity index (χ3n) is 2.63. The second-order valence-electron chi connectivity index (χ2n) is 4.14. The van der Waals surface area contributed by atoms with E-state index in [0.29, 0.717) is 9.32 Å². The number of phenols is 1. The zero-order valence-electron chi connectivity index (χ0n) is 10.2. The van der Waals surface area contributed by atoms with Gasteiger partial charge in [-0.25, -0.2) is 0 Å². The Bertz CT molecular complexity index is 684. The molecule has 0 spiro atoms. The number of carbonyl (C=O) groups excluding carboxylic acids is 2. The van der Waals surface area contributed by atoms with Gasteiger partial charge in [0.05, 0.1) is 9.99 Å². The lowest BCUT2D eigenvalue weighted by Crippen LogP contribution is -2.08. The minimum atomic E-state index is -0.564. The van der Waals surface area contributed by atoms with Gasteiger partial charge in [0.1, 0.15) is 11.5 Å². The summed E-state index contributed by atoms with van der Waals surface area (Å²) in [4.78, 5) is 22.1. The molecule has 0 aliphatic heterocycles. The zero-order valence-corrected chi connectivity index (χ0v) is 13.1. The van der Waals surface area contributed by atoms with Crippen molar-refractivity contribution in [3.8, 4) is 11.5 Å². The summed E-state index contributed by atoms with van der Waals surface area (Å²) in [5.74, 6) is 0.0984. The number of hydrogen-bond acceptors (Lipinski definition) is 4. The molecule has 104 valence electrons. The number of aromatic hydroxyl groups is 1. The molecule has 0 bridgehead atoms. The Morgan fingerprint density at radius 2 is 1.90 bits per heavy atom. The quantitative estimate of drug-likeness (QED) is 0.366. The van der Waals surface area contributed by atoms with E-state index in [2.05, 4.69) is 0 Å². The molecule has 6 heteroatoms. The molecular formula is C14H10ClIO4. The minimum Gasteiger partial charge on any atom is -0.507 e. The highest BCUT2D eigenvalue weighted by Gasteiger charge is 2.09. The summed E-state index contributed by atoms with van der Waals surface area (Å²) in [6, 6.07) is 8.53. The second-order valence-corrected chi connectivity index (χ2v) is 5.73. The van der Waals surface area contributed by atoms with Crippen LogP contribution in [0.25, 0.3) is 10.8 Å². The molecule has 0 heterocycles. The van der Waals surface area contributed by atoms with E-state index in [4.69, 9.17) is 16.3 Å². The number of hydrogen-bond donors (Lipinski definition) is 1. The number of benzene rings is 2. The van der Waals surface area contributed by atoms with Crippen molar-refractivity contribution in [3.05, 3.63) is 33.9 Å². The van der Waals surface area contributed by atoms with Gasteiger partial charge < -0.3 is 9.84 Å². The van der Waals surface area contributed by atoms with E-state index in [1.807, 2.05) is 22.6 Å². The van der Waals surface area contributed by atoms with E-state index >= 15 is 0 Å². The first kappa shape index (κ1) is 15.1. The Hall–Kier alpha value is -1.34. The molecule has 0 saturated carbocycles. The summed E-state index contributed by atoms with van der Waals surface area (Å²) < 4.78 is 5.84. The first-order chi connectivity index (χ1) is 9.45. The van der Waals surface area contributed by atoms with Crippen LogP contribution in [0.4, 0.5) is 0 Å². The second kappa shape index (κ2) is 6.41. The molecule has 2 rings (SSSR count). The lowest BCUT2D eigenvalue weighted by atomic mass is 10.1. The van der Waals surface area contributed by atoms with Gasteiger partial charge in [0.15, 0.2) is 0 Å². The standard InChI is InChI=1S/C14H10ClIO4/c15-13(18)3-4-14(19)20-10-2-1-8-7-12(17)11(16)6-9(8)5-10/h1-2,5-7,17H,3-4H2. The molecular weight excluding hydrogens is 395 g/mol. The number of ether oxygens (including phenoxy) is 1. The maximum absolute atomic E-state index is 11.5. The van der Waals surface area contributed by atoms with Crippen molar-refractivity contribution < 1.29 is 19.4 Å². The van der Waals surface area contributed by atoms with E-state index in [1.165, 1.54) is 0 Å². The number of carbonyl (C=O) groups is 2. The fourth-order valence-corrected chi connectivity index (χ4v) is 2.27. The number of esters is 1. The molecule has 0 amide bonds. The largest absolute Gasteiger partial charge is 0.507 e. The van der Waals surface area contributed by atoms with Crippen LogP contribution >= 0.6 is 34.2 Å². The van der Waals surface area contributed by atoms with Crippen LogP contribution in [-0.4, -0.2) is 16.3 Å². The highest BCUT2D eigenvalue weighted by molar-refractivity contribution is 14.1. The molecule has 2 aromatic carbocycles. The molecule has 1 N–H and O–H groups in total. The molecule has 0 aliphatic rings. The van der Waals surface area contributed by atoms with Gasteiger partial charge in [-0.15, -0.1) is 0 Å². The highest BCUT2D eigenvalue weighted by atomic mass is 127. The number of halogens is 2. The molecule has 0 aliphatic carbocycles. The Morgan fingerprint density at radius 3 is 2.60 bits per heavy atom. The van der Waals surface area contributed by atoms with E-state index < -0.39 is 11.2 Å². The normalized spacial score (nSPS) is 10.5. The summed E-state index contributed by atoms with van der Waals surface area (Å²) in [6.07, 6.45) is -0.0901. The summed E-state index contributed by atoms with van der Waals surface area (Å²) in [7, 11) is 0. The van der Waals surface area contributed by atoms with Gasteiger partial charge in [-0.05, 0) is 69.2 Å². The topological polar surface area (TPSA) is 63.6 Å². The SMILES string of the molecule is O=C(Cl)CCC(=O)Oc1ccc2cc(O)c(I)cc2c1. The molecule has 20 heavy (non-hydrogen) atoms. The van der Waals surface area contributed by atoms with Gasteiger partial charge in [0.25, 0.3) is 0 Å². The predicted octanol–water partition coefficient (Wildman–Crippen LogP) is 3.60. The molecule has 2 aromatic rings. The van der Waals surface area contributed by atoms with Crippen molar-refractivity contribution in [2.24, 2.45) is 0 Å². The number of phenolic OH excluding ortho intramolecular Hbond substituents is 1. The first-order valence-electron chi connectivity index (χ1n) is 5.77. The molecule has 0 unspecified atom stereocenters. The van der Waals surface area contributed by atoms with Gasteiger partial charge in [-0.2, -0.15) is 0 Å². The van der Waals surface area contributed by atoms with Crippen molar-refractivity contribution in [3.63, 3.8) is 0 Å². The van der Waals surface area contributed by atoms with E-state index in [0.717, 1.165) is 10.8 Å². The van der Waals surface area contributed by atoms with Gasteiger partial charge in [0.2, 0.25) is 5.24 Å². The van der Waals surface area contributed by atoms with Crippen molar-refractivity contribution in [2.75, 3.05) is 0 Å². The van der Waals surface area contributed by atoms with E-state index in [-0.39, 0.29) is 18.6 Å². The van der Waals surface area contributed by atoms with Crippen LogP contribution in [-0.2, 0) is 9.59 Å². The first-order valence-corrected chi connectivity index (χ1v) is 7.22. The molecule has 0 aromatic heterocycles. The van der Waals surface area contributed by atoms with Crippen LogP contribution in [0.2, 0.25) is 0 Å². The Labute approximate surface area is 133 Å². The number of rotatable bonds is 4. The fourth-order valence-electron chi connectivity index (χ4n) is 1.68. The summed E-state index contributed by atoms with van der Waals surface area (Å²) in [6.45, 7) is 0. The van der Waals surface area contributed by atoms with Crippen molar-refractivity contribution >= 4 is 56.2 Å². The minimum absolute atomic E-state index is 0.0419. The van der Waals surface area contributed by atoms with Crippen LogP contribution in [0.1, 0.15) is 12.8 Å². The van der Waals surface area contributed by atoms with Gasteiger partial charge in [-0.3, -0.25) is 9.59 Å². The van der Waals surface area contributed by atoms with Crippen molar-refractivity contribution in [1.82, 2.24) is 0 Å². The smallest absolute Gasteiger partial charge is 0.311 e. The fraction of sp³-hybridized carbons (Fsp3) is 0.143. The average molecular weight is 405 g/mol. The van der Waals surface area contributed by atoms with Crippen LogP contribution < -0.4 is 4.74 Å². The van der Waals surface area contributed by atoms with Crippen LogP contribution in [0.15, 0.2) is 30.3 Å². The Kier molecular flexibility index (Phi) is 4.82. The molecule has 0 radical (unpaired) electrons. The van der Waals surface area contributed by atoms with Crippen molar-refractivity contribution in [1.29, 1.82) is 0 Å². The highest BCUT2D eigenvalue weighted by Crippen LogP contribution is 2.28. The van der Waals surface area contributed by atoms with E-state index in [9.17, 15) is 14.7 Å². The molecule has 0 fully saturated rings. The van der Waals surface area contributed by atoms with Crippen LogP contribution in [0, 0.1) is 3.57 Å². The molecule has 0 saturated heterocycles. The summed E-state index contributed by atoms with van der Waals surface area (Å²) >= 11 is 7.18. The lowest BCUT2D eigenvalue weighted by Gasteiger charge is -2.06. The maximum atomic E-state index is 11.5. The Morgan fingerprint density at radius 1 is 1.15 bits per heavy atom. The lowest BCUT2D eigenvalue weighted by molar-refractivity contribution is -0.135. The molecule has 0 atom stereocenters. The van der Waals surface area contributed by atoms with Crippen LogP contribution in [0.3, 0.4) is 0 Å². The average Bonchev–Trinajstić information content (AvgIpc) is 2.38. The van der Waals surface area contributed by atoms with Crippen molar-refractivity contribution in [2.45, 2.75) is 12.8 Å². The monoisotopic (exact) mass is 404 g/mol. The van der Waals surface area contributed by atoms with Crippen LogP contribution in [0.5, 0.6) is 11.5 Å². The summed E-state index contributed by atoms with van der Waals surface area (Å²) in [5.41, 5.74) is 0. The van der Waals surface area contributed by atoms with Gasteiger partial charge in [0, 0.05) is 6.42 Å². The zero-order chi connectivity index (χ0) is 14.7.